The number of carboxylic acids is 1. The van der Waals surface area contributed by atoms with Crippen LogP contribution in [0.25, 0.3) is 0 Å². The first kappa shape index (κ1) is 31.0. The molecule has 0 saturated heterocycles. The second-order valence-electron chi connectivity index (χ2n) is 12.8. The lowest BCUT2D eigenvalue weighted by Crippen LogP contribution is -2.62. The number of allylic oxidation sites excluding steroid dienone is 1. The highest BCUT2D eigenvalue weighted by Gasteiger charge is 2.63. The molecule has 12 nitrogen and oxygen atoms in total. The Morgan fingerprint density at radius 2 is 1.88 bits per heavy atom. The minimum absolute atomic E-state index is 0.0202. The predicted octanol–water partition coefficient (Wildman–Crippen LogP) is 3.78. The first-order valence-electron chi connectivity index (χ1n) is 15.0. The first-order chi connectivity index (χ1) is 20.5. The summed E-state index contributed by atoms with van der Waals surface area (Å²) in [7, 11) is 0. The molecule has 1 aromatic carbocycles. The van der Waals surface area contributed by atoms with E-state index in [2.05, 4.69) is 21.5 Å². The third-order valence-corrected chi connectivity index (χ3v) is 8.78. The Bertz CT molecular complexity index is 1380. The average Bonchev–Trinajstić information content (AvgIpc) is 3.43. The number of aliphatic hydroxyl groups is 3. The zero-order valence-corrected chi connectivity index (χ0v) is 24.9. The highest BCUT2D eigenvalue weighted by atomic mass is 16.6. The number of phenolic OH excluding ortho intramolecular Hbond substituents is 1. The maximum atomic E-state index is 12.7. The molecule has 0 amide bonds. The molecular weight excluding hydrogens is 556 g/mol. The van der Waals surface area contributed by atoms with Crippen molar-refractivity contribution in [2.75, 3.05) is 13.2 Å². The van der Waals surface area contributed by atoms with Gasteiger partial charge in [0.15, 0.2) is 5.69 Å². The molecule has 0 bridgehead atoms. The van der Waals surface area contributed by atoms with Crippen molar-refractivity contribution >= 4 is 11.7 Å². The molecule has 43 heavy (non-hydrogen) atoms. The Kier molecular flexibility index (Phi) is 8.82. The van der Waals surface area contributed by atoms with E-state index in [-0.39, 0.29) is 48.8 Å². The molecule has 1 fully saturated rings. The number of aromatic nitrogens is 3. The number of aromatic hydroxyl groups is 1. The summed E-state index contributed by atoms with van der Waals surface area (Å²) in [5, 5.41) is 64.8. The van der Waals surface area contributed by atoms with Gasteiger partial charge in [-0.1, -0.05) is 29.3 Å². The minimum Gasteiger partial charge on any atom is -0.508 e. The number of aliphatic hydroxyl groups excluding tert-OH is 2. The van der Waals surface area contributed by atoms with Crippen LogP contribution in [0.1, 0.15) is 93.7 Å². The third kappa shape index (κ3) is 6.00. The van der Waals surface area contributed by atoms with E-state index in [4.69, 9.17) is 9.57 Å². The van der Waals surface area contributed by atoms with Gasteiger partial charge in [0.05, 0.1) is 17.8 Å². The number of ether oxygens (including phenoxy) is 1. The van der Waals surface area contributed by atoms with Gasteiger partial charge >= 0.3 is 5.97 Å². The van der Waals surface area contributed by atoms with Crippen molar-refractivity contribution < 1.29 is 39.9 Å². The summed E-state index contributed by atoms with van der Waals surface area (Å²) < 4.78 is 7.64. The topological polar surface area (TPSA) is 180 Å². The van der Waals surface area contributed by atoms with Gasteiger partial charge in [-0.15, -0.1) is 5.10 Å². The van der Waals surface area contributed by atoms with Crippen molar-refractivity contribution in [1.29, 1.82) is 0 Å². The number of nitrogens with zero attached hydrogens (tertiary/aromatic N) is 4. The monoisotopic (exact) mass is 598 g/mol. The summed E-state index contributed by atoms with van der Waals surface area (Å²) in [5.41, 5.74) is 1.25. The SMILES string of the molecule is CC(C)(C)ON=C1CC(n2nncc2C(=O)O)C2(O)Oc3ccc(O)cc3C3C(CCCCO)C(CCCCO)C=C1C32. The van der Waals surface area contributed by atoms with Gasteiger partial charge in [0, 0.05) is 31.1 Å². The highest BCUT2D eigenvalue weighted by molar-refractivity contribution is 6.02. The van der Waals surface area contributed by atoms with Crippen LogP contribution in [0.4, 0.5) is 0 Å². The summed E-state index contributed by atoms with van der Waals surface area (Å²) in [6, 6.07) is 3.79. The van der Waals surface area contributed by atoms with E-state index in [1.807, 2.05) is 20.8 Å². The zero-order chi connectivity index (χ0) is 30.9. The van der Waals surface area contributed by atoms with E-state index in [0.717, 1.165) is 43.0 Å². The summed E-state index contributed by atoms with van der Waals surface area (Å²) in [5.74, 6) is -3.75. The lowest BCUT2D eigenvalue weighted by Gasteiger charge is -2.56. The number of unbranched alkanes of at least 4 members (excludes halogenated alkanes) is 2. The molecule has 1 aromatic heterocycles. The fourth-order valence-corrected chi connectivity index (χ4v) is 7.03. The molecule has 0 radical (unpaired) electrons. The fraction of sp³-hybridized carbons (Fsp3) is 0.613. The van der Waals surface area contributed by atoms with Crippen LogP contribution in [0.5, 0.6) is 11.5 Å². The summed E-state index contributed by atoms with van der Waals surface area (Å²) in [6.45, 7) is 5.79. The van der Waals surface area contributed by atoms with Crippen LogP contribution in [0, 0.1) is 17.8 Å². The number of phenols is 1. The van der Waals surface area contributed by atoms with Crippen molar-refractivity contribution in [2.45, 2.75) is 89.1 Å². The fourth-order valence-electron chi connectivity index (χ4n) is 7.03. The molecular formula is C31H42N4O8. The number of aromatic carboxylic acids is 1. The quantitative estimate of drug-likeness (QED) is 0.189. The second-order valence-corrected chi connectivity index (χ2v) is 12.8. The van der Waals surface area contributed by atoms with Crippen LogP contribution in [0.15, 0.2) is 41.2 Å². The molecule has 2 heterocycles. The summed E-state index contributed by atoms with van der Waals surface area (Å²) >= 11 is 0. The van der Waals surface area contributed by atoms with Crippen LogP contribution >= 0.6 is 0 Å². The third-order valence-electron chi connectivity index (χ3n) is 8.78. The van der Waals surface area contributed by atoms with Crippen LogP contribution in [0.2, 0.25) is 0 Å². The van der Waals surface area contributed by atoms with Crippen LogP contribution in [-0.4, -0.2) is 76.8 Å². The van der Waals surface area contributed by atoms with E-state index in [1.165, 1.54) is 10.7 Å². The zero-order valence-electron chi connectivity index (χ0n) is 24.9. The molecule has 0 spiro atoms. The van der Waals surface area contributed by atoms with Crippen molar-refractivity contribution in [1.82, 2.24) is 15.0 Å². The van der Waals surface area contributed by atoms with Gasteiger partial charge in [0.2, 0.25) is 5.79 Å². The first-order valence-corrected chi connectivity index (χ1v) is 15.0. The van der Waals surface area contributed by atoms with Crippen molar-refractivity contribution in [3.63, 3.8) is 0 Å². The van der Waals surface area contributed by atoms with Crippen molar-refractivity contribution in [3.8, 4) is 11.5 Å². The molecule has 6 unspecified atom stereocenters. The largest absolute Gasteiger partial charge is 0.508 e. The number of fused-ring (bicyclic) bond motifs is 2. The lowest BCUT2D eigenvalue weighted by molar-refractivity contribution is -0.225. The maximum absolute atomic E-state index is 12.7. The highest BCUT2D eigenvalue weighted by Crippen LogP contribution is 2.62. The number of hydrogen-bond acceptors (Lipinski definition) is 10. The molecule has 5 rings (SSSR count). The molecule has 6 atom stereocenters. The van der Waals surface area contributed by atoms with Crippen LogP contribution in [0.3, 0.4) is 0 Å². The number of rotatable bonds is 11. The van der Waals surface area contributed by atoms with E-state index >= 15 is 0 Å². The molecule has 2 aromatic rings. The molecule has 12 heteroatoms. The number of carboxylic acid groups (broad SMARTS) is 1. The van der Waals surface area contributed by atoms with Gasteiger partial charge in [-0.25, -0.2) is 9.48 Å². The molecule has 1 saturated carbocycles. The van der Waals surface area contributed by atoms with Crippen LogP contribution in [-0.2, 0) is 4.84 Å². The van der Waals surface area contributed by atoms with E-state index in [0.29, 0.717) is 24.3 Å². The number of oxime groups is 1. The van der Waals surface area contributed by atoms with Gasteiger partial charge in [0.25, 0.3) is 0 Å². The number of benzene rings is 1. The number of hydrogen-bond donors (Lipinski definition) is 5. The molecule has 5 N–H and O–H groups in total. The van der Waals surface area contributed by atoms with Gasteiger partial charge < -0.3 is 35.1 Å². The molecule has 1 aliphatic heterocycles. The number of carbonyl (C=O) groups is 1. The average molecular weight is 599 g/mol. The lowest BCUT2D eigenvalue weighted by atomic mass is 9.55. The molecule has 3 aliphatic rings. The smallest absolute Gasteiger partial charge is 0.355 e. The standard InChI is InChI=1S/C31H42N4O8/c1-30(2,3)43-33-23-16-26(35-24(29(39)40)17-32-34-35)31(41)28-21(23)14-18(8-4-6-12-36)20(9-5-7-13-37)27(28)22-15-19(38)10-11-25(22)42-31/h10-11,14-15,17-18,20,26-28,36-38,41H,4-9,12-13,16H2,1-3H3,(H,39,40). The van der Waals surface area contributed by atoms with Gasteiger partial charge in [0.1, 0.15) is 23.1 Å². The predicted molar refractivity (Wildman–Crippen MR) is 156 cm³/mol. The van der Waals surface area contributed by atoms with Crippen molar-refractivity contribution in [3.05, 3.63) is 47.3 Å². The molecule has 234 valence electrons. The Balaban J connectivity index is 1.74. The van der Waals surface area contributed by atoms with Gasteiger partial charge in [-0.2, -0.15) is 0 Å². The summed E-state index contributed by atoms with van der Waals surface area (Å²) in [4.78, 5) is 18.1. The Morgan fingerprint density at radius 3 is 2.56 bits per heavy atom. The Morgan fingerprint density at radius 1 is 1.16 bits per heavy atom. The molecule has 2 aliphatic carbocycles. The second kappa shape index (κ2) is 12.3. The maximum Gasteiger partial charge on any atom is 0.355 e. The van der Waals surface area contributed by atoms with Crippen LogP contribution < -0.4 is 4.74 Å². The van der Waals surface area contributed by atoms with Gasteiger partial charge in [-0.3, -0.25) is 0 Å². The Labute approximate surface area is 250 Å². The van der Waals surface area contributed by atoms with E-state index in [9.17, 15) is 30.3 Å². The minimum atomic E-state index is -1.94. The normalized spacial score (nSPS) is 28.9. The summed E-state index contributed by atoms with van der Waals surface area (Å²) in [6.07, 6.45) is 7.69. The van der Waals surface area contributed by atoms with Crippen molar-refractivity contribution in [2.24, 2.45) is 22.9 Å². The van der Waals surface area contributed by atoms with E-state index in [1.54, 1.807) is 12.1 Å². The van der Waals surface area contributed by atoms with E-state index < -0.39 is 29.3 Å². The van der Waals surface area contributed by atoms with Gasteiger partial charge in [-0.05, 0) is 82.1 Å². The Hall–Kier alpha value is -3.48.